The Morgan fingerprint density at radius 1 is 1.00 bits per heavy atom. The van der Waals surface area contributed by atoms with Crippen molar-refractivity contribution >= 4 is 0 Å². The van der Waals surface area contributed by atoms with Gasteiger partial charge in [0.1, 0.15) is 11.6 Å². The highest BCUT2D eigenvalue weighted by Crippen LogP contribution is 2.25. The highest BCUT2D eigenvalue weighted by molar-refractivity contribution is 5.41. The SMILES string of the molecule is Cc1ccc2c(c1)Cc1cccc(c1)CN(Cc1cncc(F)c1)CCCCCO2. The van der Waals surface area contributed by atoms with E-state index in [0.29, 0.717) is 6.54 Å². The molecule has 3 nitrogen and oxygen atoms in total. The lowest BCUT2D eigenvalue weighted by atomic mass is 10.00. The van der Waals surface area contributed by atoms with Gasteiger partial charge in [0.05, 0.1) is 12.8 Å². The van der Waals surface area contributed by atoms with Crippen LogP contribution in [0.5, 0.6) is 5.75 Å². The second-order valence-electron chi connectivity index (χ2n) is 8.24. The van der Waals surface area contributed by atoms with E-state index in [0.717, 1.165) is 56.7 Å². The minimum atomic E-state index is -0.275. The molecule has 0 spiro atoms. The topological polar surface area (TPSA) is 25.4 Å². The predicted octanol–water partition coefficient (Wildman–Crippen LogP) is 5.68. The molecule has 0 atom stereocenters. The number of ether oxygens (including phenoxy) is 1. The monoisotopic (exact) mass is 404 g/mol. The second-order valence-corrected chi connectivity index (χ2v) is 8.24. The van der Waals surface area contributed by atoms with Crippen LogP contribution in [0.15, 0.2) is 60.9 Å². The summed E-state index contributed by atoms with van der Waals surface area (Å²) in [5.41, 5.74) is 5.98. The van der Waals surface area contributed by atoms with Crippen LogP contribution in [0.3, 0.4) is 0 Å². The summed E-state index contributed by atoms with van der Waals surface area (Å²) >= 11 is 0. The van der Waals surface area contributed by atoms with Crippen LogP contribution in [0.1, 0.15) is 47.1 Å². The molecule has 0 radical (unpaired) electrons. The first-order valence-corrected chi connectivity index (χ1v) is 10.8. The molecule has 30 heavy (non-hydrogen) atoms. The molecule has 0 N–H and O–H groups in total. The van der Waals surface area contributed by atoms with Crippen LogP contribution in [0.2, 0.25) is 0 Å². The summed E-state index contributed by atoms with van der Waals surface area (Å²) in [7, 11) is 0. The first-order valence-electron chi connectivity index (χ1n) is 10.8. The van der Waals surface area contributed by atoms with Gasteiger partial charge >= 0.3 is 0 Å². The molecule has 4 rings (SSSR count). The van der Waals surface area contributed by atoms with Crippen molar-refractivity contribution < 1.29 is 9.13 Å². The molecule has 0 aliphatic carbocycles. The van der Waals surface area contributed by atoms with Crippen molar-refractivity contribution in [3.8, 4) is 5.75 Å². The minimum absolute atomic E-state index is 0.275. The van der Waals surface area contributed by atoms with Gasteiger partial charge in [-0.3, -0.25) is 9.88 Å². The molecule has 1 aromatic heterocycles. The van der Waals surface area contributed by atoms with Crippen LogP contribution < -0.4 is 4.74 Å². The third kappa shape index (κ3) is 5.67. The number of hydrogen-bond acceptors (Lipinski definition) is 3. The summed E-state index contributed by atoms with van der Waals surface area (Å²) in [6.45, 7) is 5.39. The molecule has 2 heterocycles. The lowest BCUT2D eigenvalue weighted by Crippen LogP contribution is -2.24. The van der Waals surface area contributed by atoms with E-state index in [-0.39, 0.29) is 5.82 Å². The average molecular weight is 405 g/mol. The first-order chi connectivity index (χ1) is 14.7. The van der Waals surface area contributed by atoms with Crippen molar-refractivity contribution in [1.82, 2.24) is 9.88 Å². The lowest BCUT2D eigenvalue weighted by Gasteiger charge is -2.23. The molecule has 0 fully saturated rings. The molecule has 156 valence electrons. The molecule has 1 aliphatic heterocycles. The van der Waals surface area contributed by atoms with Gasteiger partial charge in [0, 0.05) is 25.7 Å². The van der Waals surface area contributed by atoms with Crippen LogP contribution in [0.4, 0.5) is 4.39 Å². The standard InChI is InChI=1S/C26H29FN2O/c1-20-8-9-26-24(12-20)14-21-6-5-7-22(13-21)18-29(10-3-2-4-11-30-26)19-23-15-25(27)17-28-16-23/h5-9,12-13,15-17H,2-4,10-11,14,18-19H2,1H3. The number of aryl methyl sites for hydroxylation is 1. The normalized spacial score (nSPS) is 15.7. The van der Waals surface area contributed by atoms with Crippen molar-refractivity contribution in [3.63, 3.8) is 0 Å². The first kappa shape index (κ1) is 20.5. The van der Waals surface area contributed by atoms with E-state index < -0.39 is 0 Å². The Hall–Kier alpha value is -2.72. The number of hydrogen-bond donors (Lipinski definition) is 0. The van der Waals surface area contributed by atoms with Crippen LogP contribution in [0, 0.1) is 12.7 Å². The average Bonchev–Trinajstić information content (AvgIpc) is 2.71. The third-order valence-electron chi connectivity index (χ3n) is 5.55. The second kappa shape index (κ2) is 9.86. The number of pyridine rings is 1. The number of rotatable bonds is 2. The maximum Gasteiger partial charge on any atom is 0.141 e. The number of halogens is 1. The zero-order valence-electron chi connectivity index (χ0n) is 17.6. The van der Waals surface area contributed by atoms with Crippen LogP contribution in [-0.2, 0) is 19.5 Å². The van der Waals surface area contributed by atoms with E-state index in [4.69, 9.17) is 4.74 Å². The van der Waals surface area contributed by atoms with Gasteiger partial charge < -0.3 is 4.74 Å². The lowest BCUT2D eigenvalue weighted by molar-refractivity contribution is 0.243. The van der Waals surface area contributed by atoms with Crippen molar-refractivity contribution in [2.24, 2.45) is 0 Å². The van der Waals surface area contributed by atoms with Gasteiger partial charge in [0.25, 0.3) is 0 Å². The molecule has 4 heteroatoms. The van der Waals surface area contributed by atoms with Gasteiger partial charge in [-0.1, -0.05) is 42.0 Å². The number of fused-ring (bicyclic) bond motifs is 3. The summed E-state index contributed by atoms with van der Waals surface area (Å²) in [6, 6.07) is 16.8. The van der Waals surface area contributed by atoms with Gasteiger partial charge in [0.2, 0.25) is 0 Å². The Balaban J connectivity index is 1.58. The predicted molar refractivity (Wildman–Crippen MR) is 118 cm³/mol. The largest absolute Gasteiger partial charge is 0.493 e. The maximum atomic E-state index is 13.6. The summed E-state index contributed by atoms with van der Waals surface area (Å²) < 4.78 is 19.7. The Morgan fingerprint density at radius 2 is 1.90 bits per heavy atom. The smallest absolute Gasteiger partial charge is 0.141 e. The minimum Gasteiger partial charge on any atom is -0.493 e. The Morgan fingerprint density at radius 3 is 2.80 bits per heavy atom. The summed E-state index contributed by atoms with van der Waals surface area (Å²) in [5.74, 6) is 0.728. The molecule has 0 amide bonds. The molecule has 0 saturated heterocycles. The van der Waals surface area contributed by atoms with E-state index in [1.165, 1.54) is 28.5 Å². The molecule has 0 saturated carbocycles. The van der Waals surface area contributed by atoms with Crippen LogP contribution >= 0.6 is 0 Å². The Bertz CT molecular complexity index is 988. The quantitative estimate of drug-likeness (QED) is 0.549. The van der Waals surface area contributed by atoms with E-state index in [1.54, 1.807) is 12.3 Å². The van der Waals surface area contributed by atoms with E-state index in [2.05, 4.69) is 59.3 Å². The number of nitrogens with zero attached hydrogens (tertiary/aromatic N) is 2. The third-order valence-corrected chi connectivity index (χ3v) is 5.55. The zero-order chi connectivity index (χ0) is 20.8. The molecule has 2 aromatic carbocycles. The summed E-state index contributed by atoms with van der Waals surface area (Å²) in [5, 5.41) is 0. The molecular formula is C26H29FN2O. The molecule has 3 aromatic rings. The van der Waals surface area contributed by atoms with Gasteiger partial charge in [-0.25, -0.2) is 4.39 Å². The van der Waals surface area contributed by atoms with Crippen molar-refractivity contribution in [1.29, 1.82) is 0 Å². The van der Waals surface area contributed by atoms with Gasteiger partial charge in [-0.05, 0) is 67.1 Å². The molecule has 2 bridgehead atoms. The number of aromatic nitrogens is 1. The van der Waals surface area contributed by atoms with Crippen molar-refractivity contribution in [2.45, 2.75) is 45.7 Å². The fourth-order valence-corrected chi connectivity index (χ4v) is 4.11. The van der Waals surface area contributed by atoms with Crippen molar-refractivity contribution in [3.05, 3.63) is 94.6 Å². The van der Waals surface area contributed by atoms with E-state index >= 15 is 0 Å². The van der Waals surface area contributed by atoms with Gasteiger partial charge in [-0.15, -0.1) is 0 Å². The van der Waals surface area contributed by atoms with Gasteiger partial charge in [-0.2, -0.15) is 0 Å². The van der Waals surface area contributed by atoms with Crippen LogP contribution in [-0.4, -0.2) is 23.0 Å². The van der Waals surface area contributed by atoms with E-state index in [9.17, 15) is 4.39 Å². The van der Waals surface area contributed by atoms with Gasteiger partial charge in [0.15, 0.2) is 0 Å². The highest BCUT2D eigenvalue weighted by Gasteiger charge is 2.11. The zero-order valence-corrected chi connectivity index (χ0v) is 17.6. The molecule has 0 unspecified atom stereocenters. The fraction of sp³-hybridized carbons (Fsp3) is 0.346. The maximum absolute atomic E-state index is 13.6. The summed E-state index contributed by atoms with van der Waals surface area (Å²) in [4.78, 5) is 6.40. The highest BCUT2D eigenvalue weighted by atomic mass is 19.1. The summed E-state index contributed by atoms with van der Waals surface area (Å²) in [6.07, 6.45) is 7.12. The Labute approximate surface area is 178 Å². The molecule has 1 aliphatic rings. The van der Waals surface area contributed by atoms with Crippen LogP contribution in [0.25, 0.3) is 0 Å². The van der Waals surface area contributed by atoms with Crippen molar-refractivity contribution in [2.75, 3.05) is 13.2 Å². The molecular weight excluding hydrogens is 375 g/mol. The number of benzene rings is 2. The fourth-order valence-electron chi connectivity index (χ4n) is 4.11. The van der Waals surface area contributed by atoms with E-state index in [1.807, 2.05) is 0 Å². The Kier molecular flexibility index (Phi) is 6.75.